The number of nitrogens with two attached hydrogens (primary N) is 1. The molecule has 2 amide bonds. The number of carbonyl (C=O) groups is 1. The summed E-state index contributed by atoms with van der Waals surface area (Å²) in [6, 6.07) is 7.47. The van der Waals surface area contributed by atoms with Crippen LogP contribution in [0.4, 0.5) is 10.5 Å². The Morgan fingerprint density at radius 1 is 1.05 bits per heavy atom. The molecular weight excluding hydrogens is 262 g/mol. The number of benzene rings is 1. The Morgan fingerprint density at radius 3 is 2.00 bits per heavy atom. The minimum Gasteiger partial charge on any atom is -0.338 e. The fourth-order valence-electron chi connectivity index (χ4n) is 2.50. The molecule has 1 atom stereocenters. The van der Waals surface area contributed by atoms with Crippen molar-refractivity contribution in [3.05, 3.63) is 29.8 Å². The Kier molecular flexibility index (Phi) is 6.69. The Morgan fingerprint density at radius 2 is 1.57 bits per heavy atom. The first kappa shape index (κ1) is 17.5. The van der Waals surface area contributed by atoms with Gasteiger partial charge in [0, 0.05) is 18.3 Å². The number of carbonyl (C=O) groups excluding carboxylic acids is 1. The minimum absolute atomic E-state index is 0.00529. The zero-order valence-corrected chi connectivity index (χ0v) is 13.8. The van der Waals surface area contributed by atoms with Crippen LogP contribution in [0, 0.1) is 17.8 Å². The highest BCUT2D eigenvalue weighted by Gasteiger charge is 2.18. The van der Waals surface area contributed by atoms with E-state index in [4.69, 9.17) is 5.73 Å². The highest BCUT2D eigenvalue weighted by atomic mass is 16.2. The molecule has 1 unspecified atom stereocenters. The Bertz CT molecular complexity index is 430. The average Bonchev–Trinajstić information content (AvgIpc) is 2.38. The van der Waals surface area contributed by atoms with Crippen LogP contribution in [0.15, 0.2) is 24.3 Å². The van der Waals surface area contributed by atoms with Crippen molar-refractivity contribution < 1.29 is 4.79 Å². The molecule has 0 bridgehead atoms. The van der Waals surface area contributed by atoms with E-state index < -0.39 is 0 Å². The standard InChI is InChI=1S/C17H29N3O/c1-11(2)16(12(3)4)10-19-17(21)20-15-8-6-14(7-9-15)13(5)18/h6-9,11-13,16H,10,18H2,1-5H3,(H2,19,20,21). The van der Waals surface area contributed by atoms with Crippen LogP contribution in [-0.4, -0.2) is 12.6 Å². The molecule has 0 radical (unpaired) electrons. The maximum atomic E-state index is 11.9. The lowest BCUT2D eigenvalue weighted by molar-refractivity contribution is 0.239. The number of anilines is 1. The lowest BCUT2D eigenvalue weighted by atomic mass is 9.85. The van der Waals surface area contributed by atoms with Crippen molar-refractivity contribution >= 4 is 11.7 Å². The fourth-order valence-corrected chi connectivity index (χ4v) is 2.50. The van der Waals surface area contributed by atoms with Crippen LogP contribution in [0.5, 0.6) is 0 Å². The predicted octanol–water partition coefficient (Wildman–Crippen LogP) is 3.76. The summed E-state index contributed by atoms with van der Waals surface area (Å²) in [4.78, 5) is 11.9. The third kappa shape index (κ3) is 5.76. The molecule has 0 fully saturated rings. The Labute approximate surface area is 128 Å². The van der Waals surface area contributed by atoms with Crippen LogP contribution in [0.3, 0.4) is 0 Å². The van der Waals surface area contributed by atoms with E-state index in [1.165, 1.54) is 0 Å². The molecule has 0 spiro atoms. The molecule has 0 saturated carbocycles. The van der Waals surface area contributed by atoms with Gasteiger partial charge in [-0.15, -0.1) is 0 Å². The number of hydrogen-bond acceptors (Lipinski definition) is 2. The second kappa shape index (κ2) is 8.03. The summed E-state index contributed by atoms with van der Waals surface area (Å²) in [5, 5.41) is 5.81. The monoisotopic (exact) mass is 291 g/mol. The molecular formula is C17H29N3O. The zero-order chi connectivity index (χ0) is 16.0. The van der Waals surface area contributed by atoms with Gasteiger partial charge >= 0.3 is 6.03 Å². The van der Waals surface area contributed by atoms with E-state index in [1.807, 2.05) is 31.2 Å². The molecule has 4 N–H and O–H groups in total. The average molecular weight is 291 g/mol. The third-order valence-corrected chi connectivity index (χ3v) is 3.91. The van der Waals surface area contributed by atoms with Crippen LogP contribution in [0.2, 0.25) is 0 Å². The van der Waals surface area contributed by atoms with Gasteiger partial charge in [-0.2, -0.15) is 0 Å². The normalized spacial score (nSPS) is 12.8. The van der Waals surface area contributed by atoms with E-state index in [2.05, 4.69) is 38.3 Å². The van der Waals surface area contributed by atoms with Gasteiger partial charge in [0.25, 0.3) is 0 Å². The Balaban J connectivity index is 2.50. The predicted molar refractivity (Wildman–Crippen MR) is 89.2 cm³/mol. The van der Waals surface area contributed by atoms with Gasteiger partial charge in [-0.25, -0.2) is 4.79 Å². The molecule has 118 valence electrons. The summed E-state index contributed by atoms with van der Waals surface area (Å²) in [5.41, 5.74) is 7.64. The van der Waals surface area contributed by atoms with Crippen LogP contribution in [0.1, 0.15) is 46.2 Å². The van der Waals surface area contributed by atoms with Gasteiger partial charge in [-0.1, -0.05) is 39.8 Å². The molecule has 4 heteroatoms. The second-order valence-corrected chi connectivity index (χ2v) is 6.40. The van der Waals surface area contributed by atoms with E-state index in [0.717, 1.165) is 11.3 Å². The van der Waals surface area contributed by atoms with Crippen molar-refractivity contribution in [3.63, 3.8) is 0 Å². The number of urea groups is 1. The molecule has 4 nitrogen and oxygen atoms in total. The molecule has 21 heavy (non-hydrogen) atoms. The van der Waals surface area contributed by atoms with Crippen LogP contribution in [-0.2, 0) is 0 Å². The molecule has 0 aromatic heterocycles. The van der Waals surface area contributed by atoms with Crippen LogP contribution >= 0.6 is 0 Å². The summed E-state index contributed by atoms with van der Waals surface area (Å²) in [7, 11) is 0. The maximum Gasteiger partial charge on any atom is 0.319 e. The van der Waals surface area contributed by atoms with Crippen molar-refractivity contribution in [1.29, 1.82) is 0 Å². The molecule has 0 aliphatic heterocycles. The minimum atomic E-state index is -0.158. The van der Waals surface area contributed by atoms with Gasteiger partial charge in [-0.3, -0.25) is 0 Å². The summed E-state index contributed by atoms with van der Waals surface area (Å²) in [5.74, 6) is 1.59. The van der Waals surface area contributed by atoms with E-state index in [0.29, 0.717) is 24.3 Å². The number of amides is 2. The first-order valence-corrected chi connectivity index (χ1v) is 7.71. The number of rotatable bonds is 6. The first-order chi connectivity index (χ1) is 9.81. The maximum absolute atomic E-state index is 11.9. The Hall–Kier alpha value is -1.55. The van der Waals surface area contributed by atoms with Gasteiger partial charge in [0.15, 0.2) is 0 Å². The summed E-state index contributed by atoms with van der Waals surface area (Å²) >= 11 is 0. The molecule has 1 aromatic carbocycles. The highest BCUT2D eigenvalue weighted by Crippen LogP contribution is 2.19. The van der Waals surface area contributed by atoms with Crippen molar-refractivity contribution in [1.82, 2.24) is 5.32 Å². The highest BCUT2D eigenvalue weighted by molar-refractivity contribution is 5.89. The second-order valence-electron chi connectivity index (χ2n) is 6.40. The first-order valence-electron chi connectivity index (χ1n) is 7.71. The van der Waals surface area contributed by atoms with Gasteiger partial charge in [0.1, 0.15) is 0 Å². The molecule has 0 aliphatic rings. The largest absolute Gasteiger partial charge is 0.338 e. The van der Waals surface area contributed by atoms with E-state index in [9.17, 15) is 4.79 Å². The van der Waals surface area contributed by atoms with Crippen LogP contribution in [0.25, 0.3) is 0 Å². The summed E-state index contributed by atoms with van der Waals surface area (Å²) in [6.07, 6.45) is 0. The summed E-state index contributed by atoms with van der Waals surface area (Å²) in [6.45, 7) is 11.4. The van der Waals surface area contributed by atoms with Crippen molar-refractivity contribution in [2.24, 2.45) is 23.5 Å². The molecule has 1 rings (SSSR count). The molecule has 0 aliphatic carbocycles. The van der Waals surface area contributed by atoms with Gasteiger partial charge in [0.2, 0.25) is 0 Å². The molecule has 0 saturated heterocycles. The van der Waals surface area contributed by atoms with E-state index in [-0.39, 0.29) is 12.1 Å². The van der Waals surface area contributed by atoms with Gasteiger partial charge < -0.3 is 16.4 Å². The van der Waals surface area contributed by atoms with E-state index >= 15 is 0 Å². The topological polar surface area (TPSA) is 67.1 Å². The fraction of sp³-hybridized carbons (Fsp3) is 0.588. The van der Waals surface area contributed by atoms with Crippen molar-refractivity contribution in [2.45, 2.75) is 40.7 Å². The third-order valence-electron chi connectivity index (χ3n) is 3.91. The molecule has 0 heterocycles. The SMILES string of the molecule is CC(N)c1ccc(NC(=O)NCC(C(C)C)C(C)C)cc1. The number of nitrogens with one attached hydrogen (secondary N) is 2. The number of hydrogen-bond donors (Lipinski definition) is 3. The van der Waals surface area contributed by atoms with Gasteiger partial charge in [-0.05, 0) is 42.4 Å². The lowest BCUT2D eigenvalue weighted by Crippen LogP contribution is -2.36. The molecule has 1 aromatic rings. The zero-order valence-electron chi connectivity index (χ0n) is 13.8. The smallest absolute Gasteiger partial charge is 0.319 e. The van der Waals surface area contributed by atoms with Gasteiger partial charge in [0.05, 0.1) is 0 Å². The lowest BCUT2D eigenvalue weighted by Gasteiger charge is -2.25. The quantitative estimate of drug-likeness (QED) is 0.747. The summed E-state index contributed by atoms with van der Waals surface area (Å²) < 4.78 is 0. The van der Waals surface area contributed by atoms with E-state index in [1.54, 1.807) is 0 Å². The van der Waals surface area contributed by atoms with Crippen molar-refractivity contribution in [2.75, 3.05) is 11.9 Å². The van der Waals surface area contributed by atoms with Crippen molar-refractivity contribution in [3.8, 4) is 0 Å². The van der Waals surface area contributed by atoms with Crippen LogP contribution < -0.4 is 16.4 Å².